The first kappa shape index (κ1) is 14.4. The van der Waals surface area contributed by atoms with Crippen LogP contribution in [0.3, 0.4) is 0 Å². The molecule has 0 saturated heterocycles. The fraction of sp³-hybridized carbons (Fsp3) is 0.250. The normalized spacial score (nSPS) is 10.3. The standard InChI is InChI=1S/C16H16ClN3/c1-11(2)14-5-3-12(4-6-14)10-19-16-8-13(9-18)7-15(17)20-16/h3-8,11H,10H2,1-2H3,(H,19,20). The van der Waals surface area contributed by atoms with Crippen LogP contribution in [0.15, 0.2) is 36.4 Å². The Morgan fingerprint density at radius 1 is 1.25 bits per heavy atom. The zero-order valence-electron chi connectivity index (χ0n) is 11.5. The largest absolute Gasteiger partial charge is 0.366 e. The van der Waals surface area contributed by atoms with Crippen molar-refractivity contribution >= 4 is 17.4 Å². The van der Waals surface area contributed by atoms with E-state index >= 15 is 0 Å². The monoisotopic (exact) mass is 285 g/mol. The number of nitriles is 1. The minimum Gasteiger partial charge on any atom is -0.366 e. The second-order valence-electron chi connectivity index (χ2n) is 4.93. The molecule has 2 rings (SSSR count). The summed E-state index contributed by atoms with van der Waals surface area (Å²) in [6.07, 6.45) is 0. The third kappa shape index (κ3) is 3.72. The van der Waals surface area contributed by atoms with Gasteiger partial charge in [0.25, 0.3) is 0 Å². The molecule has 20 heavy (non-hydrogen) atoms. The number of halogens is 1. The molecule has 2 aromatic rings. The SMILES string of the molecule is CC(C)c1ccc(CNc2cc(C#N)cc(Cl)n2)cc1. The molecule has 1 heterocycles. The Bertz CT molecular complexity index is 627. The van der Waals surface area contributed by atoms with Crippen molar-refractivity contribution in [2.75, 3.05) is 5.32 Å². The van der Waals surface area contributed by atoms with Gasteiger partial charge in [-0.3, -0.25) is 0 Å². The summed E-state index contributed by atoms with van der Waals surface area (Å²) >= 11 is 5.86. The summed E-state index contributed by atoms with van der Waals surface area (Å²) in [4.78, 5) is 4.15. The van der Waals surface area contributed by atoms with Gasteiger partial charge in [0.1, 0.15) is 11.0 Å². The van der Waals surface area contributed by atoms with Crippen LogP contribution in [-0.2, 0) is 6.54 Å². The van der Waals surface area contributed by atoms with E-state index in [-0.39, 0.29) is 0 Å². The number of pyridine rings is 1. The second kappa shape index (κ2) is 6.40. The summed E-state index contributed by atoms with van der Waals surface area (Å²) in [5.74, 6) is 1.15. The first-order chi connectivity index (χ1) is 9.58. The molecule has 102 valence electrons. The highest BCUT2D eigenvalue weighted by Gasteiger charge is 2.02. The first-order valence-electron chi connectivity index (χ1n) is 6.49. The molecule has 0 fully saturated rings. The number of anilines is 1. The first-order valence-corrected chi connectivity index (χ1v) is 6.86. The van der Waals surface area contributed by atoms with E-state index in [0.29, 0.717) is 29.0 Å². The van der Waals surface area contributed by atoms with Gasteiger partial charge in [0, 0.05) is 6.54 Å². The molecule has 0 aliphatic heterocycles. The van der Waals surface area contributed by atoms with E-state index in [0.717, 1.165) is 5.56 Å². The summed E-state index contributed by atoms with van der Waals surface area (Å²) in [6, 6.07) is 13.8. The van der Waals surface area contributed by atoms with Crippen molar-refractivity contribution in [1.29, 1.82) is 5.26 Å². The molecule has 1 aromatic carbocycles. The fourth-order valence-electron chi connectivity index (χ4n) is 1.87. The molecule has 0 spiro atoms. The number of hydrogen-bond acceptors (Lipinski definition) is 3. The van der Waals surface area contributed by atoms with E-state index in [2.05, 4.69) is 54.5 Å². The molecule has 4 heteroatoms. The predicted octanol–water partition coefficient (Wildman–Crippen LogP) is 4.34. The summed E-state index contributed by atoms with van der Waals surface area (Å²) in [6.45, 7) is 5.00. The summed E-state index contributed by atoms with van der Waals surface area (Å²) in [5, 5.41) is 12.4. The lowest BCUT2D eigenvalue weighted by molar-refractivity contribution is 0.865. The van der Waals surface area contributed by atoms with Gasteiger partial charge in [0.15, 0.2) is 0 Å². The zero-order chi connectivity index (χ0) is 14.5. The topological polar surface area (TPSA) is 48.7 Å². The number of hydrogen-bond donors (Lipinski definition) is 1. The van der Waals surface area contributed by atoms with Crippen molar-refractivity contribution in [1.82, 2.24) is 4.98 Å². The van der Waals surface area contributed by atoms with Crippen LogP contribution in [0.25, 0.3) is 0 Å². The van der Waals surface area contributed by atoms with Crippen molar-refractivity contribution in [2.24, 2.45) is 0 Å². The highest BCUT2D eigenvalue weighted by Crippen LogP contribution is 2.17. The molecule has 0 atom stereocenters. The lowest BCUT2D eigenvalue weighted by Gasteiger charge is -2.09. The number of nitrogens with zero attached hydrogens (tertiary/aromatic N) is 2. The summed E-state index contributed by atoms with van der Waals surface area (Å²) in [5.41, 5.74) is 2.98. The number of benzene rings is 1. The predicted molar refractivity (Wildman–Crippen MR) is 81.8 cm³/mol. The maximum Gasteiger partial charge on any atom is 0.132 e. The molecule has 0 radical (unpaired) electrons. The third-order valence-electron chi connectivity index (χ3n) is 3.04. The van der Waals surface area contributed by atoms with Crippen LogP contribution in [0.2, 0.25) is 5.15 Å². The van der Waals surface area contributed by atoms with Gasteiger partial charge in [-0.25, -0.2) is 4.98 Å². The number of aromatic nitrogens is 1. The van der Waals surface area contributed by atoms with Crippen molar-refractivity contribution in [3.63, 3.8) is 0 Å². The van der Waals surface area contributed by atoms with Crippen LogP contribution in [0.4, 0.5) is 5.82 Å². The van der Waals surface area contributed by atoms with Crippen molar-refractivity contribution in [2.45, 2.75) is 26.3 Å². The molecule has 0 aliphatic carbocycles. The maximum atomic E-state index is 8.89. The van der Waals surface area contributed by atoms with Gasteiger partial charge in [0.05, 0.1) is 11.6 Å². The van der Waals surface area contributed by atoms with Gasteiger partial charge >= 0.3 is 0 Å². The van der Waals surface area contributed by atoms with E-state index in [1.54, 1.807) is 12.1 Å². The summed E-state index contributed by atoms with van der Waals surface area (Å²) in [7, 11) is 0. The lowest BCUT2D eigenvalue weighted by Crippen LogP contribution is -2.02. The Hall–Kier alpha value is -2.05. The Balaban J connectivity index is 2.05. The molecular weight excluding hydrogens is 270 g/mol. The molecule has 1 aromatic heterocycles. The van der Waals surface area contributed by atoms with Crippen LogP contribution in [-0.4, -0.2) is 4.98 Å². The average molecular weight is 286 g/mol. The highest BCUT2D eigenvalue weighted by atomic mass is 35.5. The summed E-state index contributed by atoms with van der Waals surface area (Å²) < 4.78 is 0. The van der Waals surface area contributed by atoms with Gasteiger partial charge in [-0.15, -0.1) is 0 Å². The molecule has 0 aliphatic rings. The van der Waals surface area contributed by atoms with Gasteiger partial charge in [-0.05, 0) is 29.2 Å². The molecule has 1 N–H and O–H groups in total. The minimum atomic E-state index is 0.321. The molecule has 0 saturated carbocycles. The quantitative estimate of drug-likeness (QED) is 0.850. The Labute approximate surface area is 124 Å². The highest BCUT2D eigenvalue weighted by molar-refractivity contribution is 6.29. The molecule has 0 amide bonds. The van der Waals surface area contributed by atoms with Crippen LogP contribution >= 0.6 is 11.6 Å². The van der Waals surface area contributed by atoms with Crippen molar-refractivity contribution in [3.05, 3.63) is 58.2 Å². The van der Waals surface area contributed by atoms with Crippen molar-refractivity contribution < 1.29 is 0 Å². The Morgan fingerprint density at radius 2 is 1.95 bits per heavy atom. The van der Waals surface area contributed by atoms with Gasteiger partial charge in [0.2, 0.25) is 0 Å². The van der Waals surface area contributed by atoms with E-state index in [4.69, 9.17) is 16.9 Å². The fourth-order valence-corrected chi connectivity index (χ4v) is 2.07. The number of nitrogens with one attached hydrogen (secondary N) is 1. The van der Waals surface area contributed by atoms with Gasteiger partial charge in [-0.1, -0.05) is 49.7 Å². The Morgan fingerprint density at radius 3 is 2.55 bits per heavy atom. The van der Waals surface area contributed by atoms with Crippen molar-refractivity contribution in [3.8, 4) is 6.07 Å². The maximum absolute atomic E-state index is 8.89. The van der Waals surface area contributed by atoms with Crippen LogP contribution < -0.4 is 5.32 Å². The van der Waals surface area contributed by atoms with E-state index in [1.165, 1.54) is 5.56 Å². The van der Waals surface area contributed by atoms with E-state index in [9.17, 15) is 0 Å². The average Bonchev–Trinajstić information content (AvgIpc) is 2.45. The minimum absolute atomic E-state index is 0.321. The molecule has 0 bridgehead atoms. The van der Waals surface area contributed by atoms with E-state index in [1.807, 2.05) is 0 Å². The molecule has 0 unspecified atom stereocenters. The molecule has 3 nitrogen and oxygen atoms in total. The Kier molecular flexibility index (Phi) is 4.60. The lowest BCUT2D eigenvalue weighted by atomic mass is 10.0. The van der Waals surface area contributed by atoms with E-state index < -0.39 is 0 Å². The second-order valence-corrected chi connectivity index (χ2v) is 5.31. The molecular formula is C16H16ClN3. The number of rotatable bonds is 4. The van der Waals surface area contributed by atoms with Crippen LogP contribution in [0.1, 0.15) is 36.5 Å². The van der Waals surface area contributed by atoms with Gasteiger partial charge < -0.3 is 5.32 Å². The smallest absolute Gasteiger partial charge is 0.132 e. The van der Waals surface area contributed by atoms with Crippen LogP contribution in [0.5, 0.6) is 0 Å². The third-order valence-corrected chi connectivity index (χ3v) is 3.24. The van der Waals surface area contributed by atoms with Crippen LogP contribution in [0, 0.1) is 11.3 Å². The van der Waals surface area contributed by atoms with Gasteiger partial charge in [-0.2, -0.15) is 5.26 Å². The zero-order valence-corrected chi connectivity index (χ0v) is 12.3.